The van der Waals surface area contributed by atoms with Gasteiger partial charge in [-0.3, -0.25) is 9.78 Å². The number of hydrogen-bond acceptors (Lipinski definition) is 7. The Morgan fingerprint density at radius 2 is 1.24 bits per heavy atom. The molecule has 0 atom stereocenters. The molecule has 0 aliphatic carbocycles. The highest BCUT2D eigenvalue weighted by molar-refractivity contribution is 5.69. The van der Waals surface area contributed by atoms with Crippen LogP contribution >= 0.6 is 0 Å². The maximum Gasteiger partial charge on any atom is 0.305 e. The summed E-state index contributed by atoms with van der Waals surface area (Å²) in [5, 5.41) is 0. The molecule has 0 fully saturated rings. The number of carbonyl (C=O) groups excluding carboxylic acids is 1. The summed E-state index contributed by atoms with van der Waals surface area (Å²) >= 11 is 0. The molecule has 7 heteroatoms. The van der Waals surface area contributed by atoms with Gasteiger partial charge in [-0.15, -0.1) is 0 Å². The summed E-state index contributed by atoms with van der Waals surface area (Å²) in [7, 11) is 1.79. The lowest BCUT2D eigenvalue weighted by Crippen LogP contribution is -2.27. The number of methoxy groups -OCH3 is 1. The summed E-state index contributed by atoms with van der Waals surface area (Å²) in [4.78, 5) is 19.7. The molecule has 50 heavy (non-hydrogen) atoms. The van der Waals surface area contributed by atoms with E-state index in [9.17, 15) is 4.79 Å². The van der Waals surface area contributed by atoms with E-state index in [4.69, 9.17) is 18.9 Å². The third-order valence-electron chi connectivity index (χ3n) is 8.86. The lowest BCUT2D eigenvalue weighted by atomic mass is 10.1. The van der Waals surface area contributed by atoms with Crippen LogP contribution in [0, 0.1) is 0 Å². The Hall–Kier alpha value is -2.06. The summed E-state index contributed by atoms with van der Waals surface area (Å²) in [5.74, 6) is -0.142. The molecule has 1 aromatic rings. The maximum atomic E-state index is 12.5. The van der Waals surface area contributed by atoms with E-state index in [0.29, 0.717) is 32.7 Å². The number of carbonyl (C=O) groups is 1. The Labute approximate surface area is 308 Å². The molecule has 0 N–H and O–H groups in total. The summed E-state index contributed by atoms with van der Waals surface area (Å²) in [6.07, 6.45) is 34.1. The molecule has 1 rings (SSSR count). The molecule has 1 aromatic heterocycles. The number of esters is 1. The fourth-order valence-corrected chi connectivity index (χ4v) is 5.88. The zero-order valence-corrected chi connectivity index (χ0v) is 32.6. The minimum absolute atomic E-state index is 0.142. The highest BCUT2D eigenvalue weighted by Gasteiger charge is 2.13. The number of unbranched alkanes of at least 4 members (excludes halogenated alkanes) is 12. The molecule has 0 bridgehead atoms. The van der Waals surface area contributed by atoms with Gasteiger partial charge in [0, 0.05) is 45.2 Å². The predicted molar refractivity (Wildman–Crippen MR) is 209 cm³/mol. The fourth-order valence-electron chi connectivity index (χ4n) is 5.88. The van der Waals surface area contributed by atoms with Crippen molar-refractivity contribution in [3.8, 4) is 0 Å². The zero-order chi connectivity index (χ0) is 36.0. The molecule has 0 aromatic carbocycles. The number of aromatic nitrogens is 1. The van der Waals surface area contributed by atoms with E-state index in [1.165, 1.54) is 63.6 Å². The quantitative estimate of drug-likeness (QED) is 0.0296. The first-order chi connectivity index (χ1) is 24.7. The van der Waals surface area contributed by atoms with Crippen molar-refractivity contribution in [2.24, 2.45) is 0 Å². The second-order valence-electron chi connectivity index (χ2n) is 13.5. The largest absolute Gasteiger partial charge is 0.466 e. The highest BCUT2D eigenvalue weighted by Crippen LogP contribution is 2.12. The molecular formula is C43H76N2O5. The lowest BCUT2D eigenvalue weighted by molar-refractivity contribution is -0.159. The number of aryl methyl sites for hydroxylation is 1. The highest BCUT2D eigenvalue weighted by atomic mass is 16.7. The first-order valence-electron chi connectivity index (χ1n) is 20.5. The number of ether oxygens (including phenoxy) is 4. The molecule has 0 aliphatic heterocycles. The monoisotopic (exact) mass is 701 g/mol. The van der Waals surface area contributed by atoms with Crippen LogP contribution in [0.25, 0.3) is 0 Å². The smallest absolute Gasteiger partial charge is 0.305 e. The van der Waals surface area contributed by atoms with Crippen LogP contribution in [0.1, 0.15) is 154 Å². The van der Waals surface area contributed by atoms with Crippen molar-refractivity contribution < 1.29 is 23.7 Å². The number of nitrogens with zero attached hydrogens (tertiary/aromatic N) is 2. The van der Waals surface area contributed by atoms with Crippen LogP contribution in [0.5, 0.6) is 0 Å². The Morgan fingerprint density at radius 3 is 1.82 bits per heavy atom. The summed E-state index contributed by atoms with van der Waals surface area (Å²) in [6, 6.07) is 6.20. The van der Waals surface area contributed by atoms with Crippen molar-refractivity contribution in [3.05, 3.63) is 54.4 Å². The van der Waals surface area contributed by atoms with Crippen LogP contribution in [0.2, 0.25) is 0 Å². The molecule has 0 saturated heterocycles. The molecule has 0 aliphatic rings. The summed E-state index contributed by atoms with van der Waals surface area (Å²) in [5.41, 5.74) is 1.19. The standard InChI is InChI=1S/C43H76N2O5/c1-4-6-8-10-17-26-39-49-43(50-40-27-18-11-9-7-5-2)32-31-42(46)48-38-25-19-13-15-23-35-45(34-22-14-12-16-24-37-47-3)36-28-30-41-29-20-21-33-44-41/h6-9,20-21,29,33,43H,4-5,10-19,22-28,30-32,34-40H2,1-3H3/b8-6-,9-7-. The lowest BCUT2D eigenvalue weighted by Gasteiger charge is -2.22. The van der Waals surface area contributed by atoms with Crippen LogP contribution in [-0.4, -0.2) is 75.3 Å². The topological polar surface area (TPSA) is 70.1 Å². The zero-order valence-electron chi connectivity index (χ0n) is 32.6. The summed E-state index contributed by atoms with van der Waals surface area (Å²) in [6.45, 7) is 10.5. The van der Waals surface area contributed by atoms with Gasteiger partial charge in [-0.05, 0) is 122 Å². The molecule has 0 radical (unpaired) electrons. The molecule has 0 saturated carbocycles. The first-order valence-corrected chi connectivity index (χ1v) is 20.5. The number of rotatable bonds is 37. The average molecular weight is 701 g/mol. The average Bonchev–Trinajstić information content (AvgIpc) is 3.13. The molecular weight excluding hydrogens is 624 g/mol. The van der Waals surface area contributed by atoms with Gasteiger partial charge in [-0.1, -0.05) is 82.7 Å². The van der Waals surface area contributed by atoms with E-state index in [2.05, 4.69) is 60.2 Å². The van der Waals surface area contributed by atoms with Gasteiger partial charge in [0.1, 0.15) is 0 Å². The van der Waals surface area contributed by atoms with E-state index < -0.39 is 0 Å². The van der Waals surface area contributed by atoms with Crippen molar-refractivity contribution in [2.45, 2.75) is 161 Å². The minimum Gasteiger partial charge on any atom is -0.466 e. The van der Waals surface area contributed by atoms with Gasteiger partial charge in [0.05, 0.1) is 13.0 Å². The molecule has 288 valence electrons. The Kier molecular flexibility index (Phi) is 33.8. The van der Waals surface area contributed by atoms with Crippen LogP contribution in [-0.2, 0) is 30.2 Å². The molecule has 0 spiro atoms. The van der Waals surface area contributed by atoms with Crippen LogP contribution in [0.3, 0.4) is 0 Å². The second-order valence-corrected chi connectivity index (χ2v) is 13.5. The predicted octanol–water partition coefficient (Wildman–Crippen LogP) is 10.8. The van der Waals surface area contributed by atoms with Crippen molar-refractivity contribution >= 4 is 5.97 Å². The third kappa shape index (κ3) is 30.7. The number of allylic oxidation sites excluding steroid dienone is 4. The van der Waals surface area contributed by atoms with Gasteiger partial charge >= 0.3 is 5.97 Å². The van der Waals surface area contributed by atoms with E-state index >= 15 is 0 Å². The van der Waals surface area contributed by atoms with Crippen LogP contribution < -0.4 is 0 Å². The molecule has 1 heterocycles. The van der Waals surface area contributed by atoms with Crippen LogP contribution in [0.4, 0.5) is 0 Å². The van der Waals surface area contributed by atoms with Crippen molar-refractivity contribution in [2.75, 3.05) is 53.2 Å². The van der Waals surface area contributed by atoms with Gasteiger partial charge in [0.2, 0.25) is 0 Å². The van der Waals surface area contributed by atoms with Gasteiger partial charge in [-0.25, -0.2) is 0 Å². The van der Waals surface area contributed by atoms with Gasteiger partial charge < -0.3 is 23.8 Å². The Morgan fingerprint density at radius 1 is 0.680 bits per heavy atom. The maximum absolute atomic E-state index is 12.5. The normalized spacial score (nSPS) is 11.9. The van der Waals surface area contributed by atoms with Crippen molar-refractivity contribution in [1.29, 1.82) is 0 Å². The van der Waals surface area contributed by atoms with E-state index in [-0.39, 0.29) is 12.3 Å². The second kappa shape index (κ2) is 36.7. The molecule has 0 amide bonds. The van der Waals surface area contributed by atoms with Crippen molar-refractivity contribution in [3.63, 3.8) is 0 Å². The SMILES string of the molecule is CC/C=C\CCCCOC(CCC(=O)OCCCCCCCN(CCCCCCCOC)CCCc1ccccn1)OCCCC/C=C\CC. The Bertz CT molecular complexity index is 886. The third-order valence-corrected chi connectivity index (χ3v) is 8.86. The minimum atomic E-state index is -0.338. The van der Waals surface area contributed by atoms with E-state index in [1.54, 1.807) is 7.11 Å². The fraction of sp³-hybridized carbons (Fsp3) is 0.767. The van der Waals surface area contributed by atoms with E-state index in [1.807, 2.05) is 12.3 Å². The summed E-state index contributed by atoms with van der Waals surface area (Å²) < 4.78 is 22.9. The molecule has 0 unspecified atom stereocenters. The van der Waals surface area contributed by atoms with Gasteiger partial charge in [0.25, 0.3) is 0 Å². The van der Waals surface area contributed by atoms with Crippen molar-refractivity contribution in [1.82, 2.24) is 9.88 Å². The van der Waals surface area contributed by atoms with Gasteiger partial charge in [-0.2, -0.15) is 0 Å². The number of pyridine rings is 1. The van der Waals surface area contributed by atoms with Crippen LogP contribution in [0.15, 0.2) is 48.7 Å². The Balaban J connectivity index is 2.25. The first kappa shape index (κ1) is 46.0. The van der Waals surface area contributed by atoms with E-state index in [0.717, 1.165) is 96.7 Å². The molecule has 7 nitrogen and oxygen atoms in total. The number of hydrogen-bond donors (Lipinski definition) is 0. The van der Waals surface area contributed by atoms with Gasteiger partial charge in [0.15, 0.2) is 6.29 Å².